The molecule has 50 heavy (non-hydrogen) atoms. The summed E-state index contributed by atoms with van der Waals surface area (Å²) in [6, 6.07) is 0.967. The molecule has 1 aromatic heterocycles. The Morgan fingerprint density at radius 2 is 1.64 bits per heavy atom. The summed E-state index contributed by atoms with van der Waals surface area (Å²) in [5.41, 5.74) is -5.47. The summed E-state index contributed by atoms with van der Waals surface area (Å²) >= 11 is 0.826. The van der Waals surface area contributed by atoms with Crippen LogP contribution in [0.15, 0.2) is 24.3 Å². The number of hydrogen-bond donors (Lipinski definition) is 3. The van der Waals surface area contributed by atoms with Crippen molar-refractivity contribution in [2.75, 3.05) is 59.0 Å². The van der Waals surface area contributed by atoms with Crippen LogP contribution in [-0.4, -0.2) is 136 Å². The van der Waals surface area contributed by atoms with Crippen molar-refractivity contribution >= 4 is 52.6 Å². The monoisotopic (exact) mass is 751 g/mol. The van der Waals surface area contributed by atoms with Crippen molar-refractivity contribution in [1.29, 1.82) is 0 Å². The van der Waals surface area contributed by atoms with Gasteiger partial charge in [0.05, 0.1) is 30.6 Å². The summed E-state index contributed by atoms with van der Waals surface area (Å²) in [6.45, 7) is 0.208. The zero-order valence-electron chi connectivity index (χ0n) is 26.5. The molecule has 13 nitrogen and oxygen atoms in total. The minimum Gasteiger partial charge on any atom is -0.378 e. The second kappa shape index (κ2) is 13.7. The lowest BCUT2D eigenvalue weighted by molar-refractivity contribution is -0.159. The van der Waals surface area contributed by atoms with E-state index in [0.717, 1.165) is 34.4 Å². The number of nitrogens with zero attached hydrogens (tertiary/aromatic N) is 4. The number of benzene rings is 1. The summed E-state index contributed by atoms with van der Waals surface area (Å²) in [5, 5.41) is 2.55. The second-order valence-corrected chi connectivity index (χ2v) is 15.7. The molecule has 4 saturated heterocycles. The summed E-state index contributed by atoms with van der Waals surface area (Å²) in [5.74, 6) is -2.47. The molecule has 0 unspecified atom stereocenters. The molecule has 0 radical (unpaired) electrons. The predicted octanol–water partition coefficient (Wildman–Crippen LogP) is 2.17. The van der Waals surface area contributed by atoms with Crippen molar-refractivity contribution in [2.24, 2.45) is 5.92 Å². The van der Waals surface area contributed by atoms with Gasteiger partial charge in [-0.25, -0.2) is 0 Å². The van der Waals surface area contributed by atoms with Gasteiger partial charge in [0.25, 0.3) is 5.91 Å². The van der Waals surface area contributed by atoms with Crippen molar-refractivity contribution in [3.8, 4) is 0 Å². The molecule has 6 rings (SSSR count). The molecule has 274 valence electrons. The first-order valence-corrected chi connectivity index (χ1v) is 18.4. The number of ether oxygens (including phenoxy) is 1. The van der Waals surface area contributed by atoms with Crippen LogP contribution in [-0.2, 0) is 29.3 Å². The Balaban J connectivity index is 1.20. The fourth-order valence-electron chi connectivity index (χ4n) is 6.99. The van der Waals surface area contributed by atoms with Gasteiger partial charge in [-0.3, -0.25) is 28.6 Å². The topological polar surface area (TPSA) is 160 Å². The quantitative estimate of drug-likeness (QED) is 0.285. The Morgan fingerprint density at radius 3 is 2.30 bits per heavy atom. The van der Waals surface area contributed by atoms with Crippen molar-refractivity contribution in [3.05, 3.63) is 34.7 Å². The van der Waals surface area contributed by atoms with Crippen molar-refractivity contribution < 1.29 is 60.2 Å². The largest absolute Gasteiger partial charge is 0.401 e. The van der Waals surface area contributed by atoms with Gasteiger partial charge >= 0.3 is 19.4 Å². The lowest BCUT2D eigenvalue weighted by Gasteiger charge is -2.44. The third-order valence-corrected chi connectivity index (χ3v) is 11.7. The number of carbonyl (C=O) groups excluding carboxylic acids is 4. The zero-order valence-corrected chi connectivity index (χ0v) is 28.2. The molecule has 0 saturated carbocycles. The summed E-state index contributed by atoms with van der Waals surface area (Å²) in [7, 11) is -5.86. The molecular weight excluding hydrogens is 716 g/mol. The summed E-state index contributed by atoms with van der Waals surface area (Å²) in [4.78, 5) is 77.8. The highest BCUT2D eigenvalue weighted by Gasteiger charge is 2.51. The third-order valence-electron chi connectivity index (χ3n) is 9.59. The molecule has 0 bridgehead atoms. The summed E-state index contributed by atoms with van der Waals surface area (Å²) in [6.07, 6.45) is -3.83. The molecule has 3 atom stereocenters. The van der Waals surface area contributed by atoms with E-state index in [1.54, 1.807) is 4.90 Å². The van der Waals surface area contributed by atoms with Crippen LogP contribution < -0.4 is 5.32 Å². The maximum Gasteiger partial charge on any atom is 0.401 e. The SMILES string of the molecule is O=C(N[C@H]1CN(CC(F)(F)F)CC[C@H]2CC[C@@H](C(=O)N3CC(C(=O)N4CCOCC4)C3)N2C1=O)c1cc2cc(C(F)(F)P(=O)(O)O)ccc2s1. The standard InChI is InChI=1S/C30H35F5N5O8PS/c31-29(32,33)16-37-6-5-20-2-3-22(28(44)39-13-18(14-39)26(42)38-7-9-48-10-8-38)40(20)27(43)21(15-37)36-25(41)24-12-17-11-19(1-4-23(17)50-24)30(34,35)49(45,46)47/h1,4,11-12,18,20-22H,2-3,5-10,13-16H2,(H,36,41)(H2,45,46,47)/t20-,21+,22+/m1/s1. The molecule has 2 aromatic rings. The Hall–Kier alpha value is -3.22. The van der Waals surface area contributed by atoms with Crippen LogP contribution in [0.3, 0.4) is 0 Å². The van der Waals surface area contributed by atoms with Gasteiger partial charge in [-0.15, -0.1) is 11.3 Å². The van der Waals surface area contributed by atoms with E-state index in [1.807, 2.05) is 0 Å². The molecular formula is C30H35F5N5O8PS. The number of halogens is 5. The number of fused-ring (bicyclic) bond motifs is 2. The number of alkyl halides is 5. The summed E-state index contributed by atoms with van der Waals surface area (Å²) < 4.78 is 86.1. The lowest BCUT2D eigenvalue weighted by atomic mass is 9.96. The van der Waals surface area contributed by atoms with Gasteiger partial charge in [-0.1, -0.05) is 6.07 Å². The number of morpholine rings is 1. The average molecular weight is 752 g/mol. The van der Waals surface area contributed by atoms with Gasteiger partial charge in [-0.05, 0) is 42.8 Å². The van der Waals surface area contributed by atoms with Crippen LogP contribution in [0.5, 0.6) is 0 Å². The first-order valence-electron chi connectivity index (χ1n) is 16.0. The van der Waals surface area contributed by atoms with E-state index >= 15 is 0 Å². The predicted molar refractivity (Wildman–Crippen MR) is 167 cm³/mol. The molecule has 4 amide bonds. The smallest absolute Gasteiger partial charge is 0.378 e. The Morgan fingerprint density at radius 1 is 0.940 bits per heavy atom. The van der Waals surface area contributed by atoms with Gasteiger partial charge in [0, 0.05) is 55.6 Å². The maximum atomic E-state index is 14.3. The number of hydrogen-bond acceptors (Lipinski definition) is 8. The van der Waals surface area contributed by atoms with Gasteiger partial charge in [0.2, 0.25) is 17.7 Å². The molecule has 0 aliphatic carbocycles. The van der Waals surface area contributed by atoms with Gasteiger partial charge < -0.3 is 34.5 Å². The number of thiophene rings is 1. The Kier molecular flexibility index (Phi) is 10.0. The van der Waals surface area contributed by atoms with Crippen LogP contribution in [0.25, 0.3) is 10.1 Å². The van der Waals surface area contributed by atoms with Crippen LogP contribution in [0.1, 0.15) is 34.5 Å². The number of carbonyl (C=O) groups is 4. The van der Waals surface area contributed by atoms with Crippen LogP contribution in [0.2, 0.25) is 0 Å². The zero-order chi connectivity index (χ0) is 36.2. The molecule has 1 aromatic carbocycles. The molecule has 4 fully saturated rings. The fraction of sp³-hybridized carbons (Fsp3) is 0.600. The van der Waals surface area contributed by atoms with Gasteiger partial charge in [0.1, 0.15) is 12.1 Å². The first-order chi connectivity index (χ1) is 23.4. The highest BCUT2D eigenvalue weighted by atomic mass is 32.1. The Labute approximate surface area is 286 Å². The molecule has 3 N–H and O–H groups in total. The van der Waals surface area contributed by atoms with Crippen LogP contribution in [0, 0.1) is 5.92 Å². The molecule has 0 spiro atoms. The minimum atomic E-state index is -5.86. The van der Waals surface area contributed by atoms with Crippen molar-refractivity contribution in [1.82, 2.24) is 24.9 Å². The van der Waals surface area contributed by atoms with E-state index in [2.05, 4.69) is 5.32 Å². The highest BCUT2D eigenvalue weighted by molar-refractivity contribution is 7.52. The van der Waals surface area contributed by atoms with Crippen LogP contribution >= 0.6 is 18.9 Å². The number of rotatable bonds is 7. The Bertz CT molecular complexity index is 1710. The van der Waals surface area contributed by atoms with E-state index in [-0.39, 0.29) is 60.5 Å². The number of amides is 4. The van der Waals surface area contributed by atoms with Gasteiger partial charge in [-0.2, -0.15) is 22.0 Å². The minimum absolute atomic E-state index is 0.0543. The maximum absolute atomic E-state index is 14.3. The molecule has 4 aliphatic rings. The van der Waals surface area contributed by atoms with Crippen molar-refractivity contribution in [3.63, 3.8) is 0 Å². The average Bonchev–Trinajstić information content (AvgIpc) is 3.65. The van der Waals surface area contributed by atoms with E-state index in [4.69, 9.17) is 14.5 Å². The van der Waals surface area contributed by atoms with Crippen LogP contribution in [0.4, 0.5) is 22.0 Å². The number of nitrogens with one attached hydrogen (secondary N) is 1. The normalized spacial score (nSPS) is 24.5. The third kappa shape index (κ3) is 7.39. The number of likely N-dealkylation sites (tertiary alicyclic amines) is 1. The van der Waals surface area contributed by atoms with E-state index < -0.39 is 68.0 Å². The molecule has 5 heterocycles. The van der Waals surface area contributed by atoms with Crippen molar-refractivity contribution in [2.45, 2.75) is 49.2 Å². The van der Waals surface area contributed by atoms with E-state index in [0.29, 0.717) is 37.4 Å². The molecule has 20 heteroatoms. The second-order valence-electron chi connectivity index (χ2n) is 13.0. The fourth-order valence-corrected chi connectivity index (χ4v) is 8.41. The highest BCUT2D eigenvalue weighted by Crippen LogP contribution is 2.59. The first kappa shape index (κ1) is 36.6. The molecule has 4 aliphatic heterocycles. The van der Waals surface area contributed by atoms with E-state index in [1.165, 1.54) is 15.9 Å². The lowest BCUT2D eigenvalue weighted by Crippen LogP contribution is -2.64. The van der Waals surface area contributed by atoms with E-state index in [9.17, 15) is 45.7 Å². The van der Waals surface area contributed by atoms with Gasteiger partial charge in [0.15, 0.2) is 0 Å².